The number of thiophene rings is 1. The van der Waals surface area contributed by atoms with Gasteiger partial charge >= 0.3 is 0 Å². The molecule has 28 heavy (non-hydrogen) atoms. The first kappa shape index (κ1) is 19.6. The van der Waals surface area contributed by atoms with Gasteiger partial charge in [-0.15, -0.1) is 11.3 Å². The zero-order chi connectivity index (χ0) is 19.8. The van der Waals surface area contributed by atoms with Crippen LogP contribution in [0.2, 0.25) is 0 Å². The van der Waals surface area contributed by atoms with Gasteiger partial charge in [0.1, 0.15) is 5.76 Å². The molecule has 4 heterocycles. The van der Waals surface area contributed by atoms with Gasteiger partial charge in [-0.2, -0.15) is 0 Å². The molecule has 0 spiro atoms. The van der Waals surface area contributed by atoms with Crippen molar-refractivity contribution in [2.24, 2.45) is 0 Å². The topological polar surface area (TPSA) is 79.0 Å². The van der Waals surface area contributed by atoms with E-state index in [2.05, 4.69) is 10.1 Å². The fourth-order valence-electron chi connectivity index (χ4n) is 4.16. The fourth-order valence-corrected chi connectivity index (χ4v) is 5.27. The smallest absolute Gasteiger partial charge is 0.255 e. The monoisotopic (exact) mass is 405 g/mol. The standard InChI is InChI=1S/C20H27N3O4S/c1-4-23(17-9-26-10-18(17)24)20(25)16-11-28-19-8-22(6-5-14(16)19)7-15-12(2)21-27-13(15)3/h11,17-18,24H,4-10H2,1-3H3/t17-,18-/m0/s1. The van der Waals surface area contributed by atoms with Gasteiger partial charge in [0, 0.05) is 42.0 Å². The van der Waals surface area contributed by atoms with Crippen LogP contribution in [0.3, 0.4) is 0 Å². The van der Waals surface area contributed by atoms with Crippen molar-refractivity contribution in [2.45, 2.75) is 52.4 Å². The summed E-state index contributed by atoms with van der Waals surface area (Å²) in [5.74, 6) is 0.884. The summed E-state index contributed by atoms with van der Waals surface area (Å²) in [6, 6.07) is -0.257. The zero-order valence-corrected chi connectivity index (χ0v) is 17.4. The van der Waals surface area contributed by atoms with Crippen LogP contribution >= 0.6 is 11.3 Å². The van der Waals surface area contributed by atoms with Gasteiger partial charge in [0.05, 0.1) is 36.6 Å². The van der Waals surface area contributed by atoms with E-state index in [0.717, 1.165) is 54.2 Å². The van der Waals surface area contributed by atoms with Crippen LogP contribution in [0.1, 0.15) is 44.7 Å². The number of ether oxygens (including phenoxy) is 1. The maximum absolute atomic E-state index is 13.2. The maximum atomic E-state index is 13.2. The van der Waals surface area contributed by atoms with Gasteiger partial charge in [-0.05, 0) is 32.8 Å². The number of hydrogen-bond acceptors (Lipinski definition) is 7. The summed E-state index contributed by atoms with van der Waals surface area (Å²) in [7, 11) is 0. The normalized spacial score (nSPS) is 22.4. The molecule has 152 valence electrons. The van der Waals surface area contributed by atoms with Gasteiger partial charge in [0.25, 0.3) is 5.91 Å². The third kappa shape index (κ3) is 3.50. The lowest BCUT2D eigenvalue weighted by atomic mass is 10.0. The van der Waals surface area contributed by atoms with Crippen molar-refractivity contribution < 1.29 is 19.2 Å². The van der Waals surface area contributed by atoms with Crippen LogP contribution in [0, 0.1) is 13.8 Å². The van der Waals surface area contributed by atoms with Crippen molar-refractivity contribution in [3.63, 3.8) is 0 Å². The molecule has 2 atom stereocenters. The van der Waals surface area contributed by atoms with Crippen LogP contribution in [0.4, 0.5) is 0 Å². The van der Waals surface area contributed by atoms with E-state index in [1.807, 2.05) is 26.2 Å². The van der Waals surface area contributed by atoms with E-state index in [4.69, 9.17) is 9.26 Å². The van der Waals surface area contributed by atoms with Gasteiger partial charge in [-0.3, -0.25) is 9.69 Å². The third-order valence-corrected chi connectivity index (χ3v) is 6.86. The van der Waals surface area contributed by atoms with Crippen LogP contribution in [0.5, 0.6) is 0 Å². The number of fused-ring (bicyclic) bond motifs is 1. The van der Waals surface area contributed by atoms with E-state index in [9.17, 15) is 9.90 Å². The second-order valence-corrected chi connectivity index (χ2v) is 8.54. The largest absolute Gasteiger partial charge is 0.388 e. The Morgan fingerprint density at radius 3 is 2.89 bits per heavy atom. The molecule has 1 fully saturated rings. The van der Waals surface area contributed by atoms with Gasteiger partial charge in [0.15, 0.2) is 0 Å². The Kier molecular flexibility index (Phi) is 5.55. The summed E-state index contributed by atoms with van der Waals surface area (Å²) in [5, 5.41) is 16.2. The van der Waals surface area contributed by atoms with Crippen molar-refractivity contribution in [3.05, 3.63) is 38.4 Å². The lowest BCUT2D eigenvalue weighted by molar-refractivity contribution is 0.0519. The van der Waals surface area contributed by atoms with Crippen molar-refractivity contribution >= 4 is 17.2 Å². The second-order valence-electron chi connectivity index (χ2n) is 7.58. The van der Waals surface area contributed by atoms with Crippen LogP contribution < -0.4 is 0 Å². The zero-order valence-electron chi connectivity index (χ0n) is 16.6. The van der Waals surface area contributed by atoms with Crippen molar-refractivity contribution in [1.29, 1.82) is 0 Å². The summed E-state index contributed by atoms with van der Waals surface area (Å²) in [6.45, 7) is 9.68. The Morgan fingerprint density at radius 1 is 1.43 bits per heavy atom. The Balaban J connectivity index is 1.49. The molecule has 0 radical (unpaired) electrons. The summed E-state index contributed by atoms with van der Waals surface area (Å²) in [5.41, 5.74) is 4.06. The van der Waals surface area contributed by atoms with E-state index in [1.54, 1.807) is 16.2 Å². The molecule has 0 aliphatic carbocycles. The van der Waals surface area contributed by atoms with E-state index in [1.165, 1.54) is 4.88 Å². The Bertz CT molecular complexity index is 842. The molecular formula is C20H27N3O4S. The number of nitrogens with zero attached hydrogens (tertiary/aromatic N) is 3. The highest BCUT2D eigenvalue weighted by Gasteiger charge is 2.36. The number of aliphatic hydroxyl groups is 1. The fraction of sp³-hybridized carbons (Fsp3) is 0.600. The van der Waals surface area contributed by atoms with Gasteiger partial charge < -0.3 is 19.3 Å². The SMILES string of the molecule is CCN(C(=O)c1csc2c1CCN(Cc1c(C)noc1C)C2)[C@H]1COC[C@@H]1O. The third-order valence-electron chi connectivity index (χ3n) is 5.84. The number of aromatic nitrogens is 1. The van der Waals surface area contributed by atoms with Crippen LogP contribution in [-0.2, 0) is 24.2 Å². The first-order chi connectivity index (χ1) is 13.5. The lowest BCUT2D eigenvalue weighted by Gasteiger charge is -2.30. The molecule has 2 aliphatic heterocycles. The van der Waals surface area contributed by atoms with E-state index < -0.39 is 6.10 Å². The lowest BCUT2D eigenvalue weighted by Crippen LogP contribution is -2.46. The number of rotatable bonds is 5. The molecule has 1 N–H and O–H groups in total. The highest BCUT2D eigenvalue weighted by Crippen LogP contribution is 2.31. The van der Waals surface area contributed by atoms with Crippen molar-refractivity contribution in [2.75, 3.05) is 26.3 Å². The van der Waals surface area contributed by atoms with Crippen LogP contribution in [0.25, 0.3) is 0 Å². The van der Waals surface area contributed by atoms with Gasteiger partial charge in [0.2, 0.25) is 0 Å². The van der Waals surface area contributed by atoms with Crippen molar-refractivity contribution in [3.8, 4) is 0 Å². The maximum Gasteiger partial charge on any atom is 0.255 e. The number of amides is 1. The molecule has 0 unspecified atom stereocenters. The average molecular weight is 406 g/mol. The van der Waals surface area contributed by atoms with Gasteiger partial charge in [-0.1, -0.05) is 5.16 Å². The Labute approximate surface area is 168 Å². The van der Waals surface area contributed by atoms with Crippen LogP contribution in [0.15, 0.2) is 9.90 Å². The Morgan fingerprint density at radius 2 is 2.25 bits per heavy atom. The second kappa shape index (κ2) is 7.94. The first-order valence-electron chi connectivity index (χ1n) is 9.79. The predicted octanol–water partition coefficient (Wildman–Crippen LogP) is 2.13. The molecule has 4 rings (SSSR count). The number of likely N-dealkylation sites (N-methyl/N-ethyl adjacent to an activating group) is 1. The molecule has 0 bridgehead atoms. The van der Waals surface area contributed by atoms with Gasteiger partial charge in [-0.25, -0.2) is 0 Å². The summed E-state index contributed by atoms with van der Waals surface area (Å²) in [6.07, 6.45) is 0.244. The first-order valence-corrected chi connectivity index (χ1v) is 10.7. The highest BCUT2D eigenvalue weighted by atomic mass is 32.1. The summed E-state index contributed by atoms with van der Waals surface area (Å²) >= 11 is 1.65. The minimum Gasteiger partial charge on any atom is -0.388 e. The molecule has 0 aromatic carbocycles. The Hall–Kier alpha value is -1.74. The summed E-state index contributed by atoms with van der Waals surface area (Å²) in [4.78, 5) is 18.6. The quantitative estimate of drug-likeness (QED) is 0.821. The average Bonchev–Trinajstić information content (AvgIpc) is 3.38. The number of carbonyl (C=O) groups excluding carboxylic acids is 1. The molecule has 2 aromatic rings. The van der Waals surface area contributed by atoms with E-state index in [-0.39, 0.29) is 11.9 Å². The number of hydrogen-bond donors (Lipinski definition) is 1. The van der Waals surface area contributed by atoms with Crippen molar-refractivity contribution in [1.82, 2.24) is 15.0 Å². The van der Waals surface area contributed by atoms with Crippen LogP contribution in [-0.4, -0.2) is 64.4 Å². The molecule has 2 aliphatic rings. The minimum atomic E-state index is -0.607. The number of aryl methyl sites for hydroxylation is 2. The molecular weight excluding hydrogens is 378 g/mol. The molecule has 8 heteroatoms. The highest BCUT2D eigenvalue weighted by molar-refractivity contribution is 7.10. The molecule has 0 saturated carbocycles. The van der Waals surface area contributed by atoms with E-state index in [0.29, 0.717) is 19.8 Å². The molecule has 2 aromatic heterocycles. The predicted molar refractivity (Wildman–Crippen MR) is 105 cm³/mol. The molecule has 1 saturated heterocycles. The minimum absolute atomic E-state index is 0.00808. The van der Waals surface area contributed by atoms with E-state index >= 15 is 0 Å². The molecule has 7 nitrogen and oxygen atoms in total. The number of carbonyl (C=O) groups is 1. The molecule has 1 amide bonds. The number of aliphatic hydroxyl groups excluding tert-OH is 1. The summed E-state index contributed by atoms with van der Waals surface area (Å²) < 4.78 is 10.6.